The SMILES string of the molecule is CC(C)[Si](C#COC(=O)c1ccccc1)(C(C)C)C(C)C. The molecule has 0 radical (unpaired) electrons. The summed E-state index contributed by atoms with van der Waals surface area (Å²) in [5.74, 6) is -0.373. The van der Waals surface area contributed by atoms with E-state index in [-0.39, 0.29) is 5.97 Å². The van der Waals surface area contributed by atoms with Crippen LogP contribution < -0.4 is 0 Å². The van der Waals surface area contributed by atoms with E-state index in [0.29, 0.717) is 22.2 Å². The van der Waals surface area contributed by atoms with Crippen LogP contribution in [-0.4, -0.2) is 14.0 Å². The van der Waals surface area contributed by atoms with Crippen LogP contribution in [0.1, 0.15) is 51.9 Å². The summed E-state index contributed by atoms with van der Waals surface area (Å²) >= 11 is 0. The summed E-state index contributed by atoms with van der Waals surface area (Å²) in [7, 11) is -1.83. The minimum absolute atomic E-state index is 0.373. The van der Waals surface area contributed by atoms with Gasteiger partial charge in [-0.25, -0.2) is 4.79 Å². The molecule has 0 aliphatic carbocycles. The lowest BCUT2D eigenvalue weighted by Gasteiger charge is -2.37. The highest BCUT2D eigenvalue weighted by atomic mass is 28.3. The van der Waals surface area contributed by atoms with E-state index in [1.165, 1.54) is 0 Å². The van der Waals surface area contributed by atoms with E-state index in [9.17, 15) is 4.79 Å². The van der Waals surface area contributed by atoms with Gasteiger partial charge < -0.3 is 4.74 Å². The van der Waals surface area contributed by atoms with Gasteiger partial charge in [-0.05, 0) is 28.8 Å². The minimum Gasteiger partial charge on any atom is -0.369 e. The van der Waals surface area contributed by atoms with Gasteiger partial charge in [-0.3, -0.25) is 0 Å². The van der Waals surface area contributed by atoms with Crippen molar-refractivity contribution >= 4 is 14.0 Å². The molecule has 0 fully saturated rings. The summed E-state index contributed by atoms with van der Waals surface area (Å²) < 4.78 is 5.17. The minimum atomic E-state index is -1.83. The quantitative estimate of drug-likeness (QED) is 0.443. The van der Waals surface area contributed by atoms with Crippen LogP contribution in [0.5, 0.6) is 0 Å². The Kier molecular flexibility index (Phi) is 6.23. The fourth-order valence-electron chi connectivity index (χ4n) is 3.23. The fourth-order valence-corrected chi connectivity index (χ4v) is 8.32. The number of rotatable bonds is 4. The lowest BCUT2D eigenvalue weighted by atomic mass is 10.2. The Morgan fingerprint density at radius 3 is 1.86 bits per heavy atom. The molecular weight excluding hydrogens is 276 g/mol. The smallest absolute Gasteiger partial charge is 0.352 e. The number of esters is 1. The maximum absolute atomic E-state index is 11.9. The molecule has 3 heteroatoms. The van der Waals surface area contributed by atoms with Crippen LogP contribution in [0.15, 0.2) is 30.3 Å². The number of hydrogen-bond donors (Lipinski definition) is 0. The molecule has 1 aromatic rings. The third-order valence-corrected chi connectivity index (χ3v) is 10.6. The molecule has 0 N–H and O–H groups in total. The highest BCUT2D eigenvalue weighted by Gasteiger charge is 2.42. The van der Waals surface area contributed by atoms with Crippen molar-refractivity contribution in [3.63, 3.8) is 0 Å². The Morgan fingerprint density at radius 1 is 0.952 bits per heavy atom. The predicted octanol–water partition coefficient (Wildman–Crippen LogP) is 5.02. The lowest BCUT2D eigenvalue weighted by Crippen LogP contribution is -2.43. The number of hydrogen-bond acceptors (Lipinski definition) is 2. The number of carbonyl (C=O) groups is 1. The molecule has 0 saturated carbocycles. The Labute approximate surface area is 129 Å². The van der Waals surface area contributed by atoms with Crippen molar-refractivity contribution in [3.05, 3.63) is 35.9 Å². The van der Waals surface area contributed by atoms with E-state index in [1.807, 2.05) is 18.2 Å². The molecule has 0 unspecified atom stereocenters. The second-order valence-electron chi connectivity index (χ2n) is 6.38. The summed E-state index contributed by atoms with van der Waals surface area (Å²) in [6, 6.07) is 8.99. The van der Waals surface area contributed by atoms with Crippen LogP contribution in [0.4, 0.5) is 0 Å². The zero-order valence-corrected chi connectivity index (χ0v) is 14.9. The average Bonchev–Trinajstić information content (AvgIpc) is 2.43. The highest BCUT2D eigenvalue weighted by Crippen LogP contribution is 2.40. The maximum Gasteiger partial charge on any atom is 0.352 e. The first-order valence-corrected chi connectivity index (χ1v) is 9.84. The first-order valence-electron chi connectivity index (χ1n) is 7.60. The van der Waals surface area contributed by atoms with E-state index in [1.54, 1.807) is 12.1 Å². The van der Waals surface area contributed by atoms with Crippen molar-refractivity contribution in [3.8, 4) is 11.7 Å². The van der Waals surface area contributed by atoms with E-state index in [4.69, 9.17) is 4.74 Å². The molecular formula is C18H26O2Si. The van der Waals surface area contributed by atoms with Crippen molar-refractivity contribution < 1.29 is 9.53 Å². The van der Waals surface area contributed by atoms with Crippen LogP contribution in [0, 0.1) is 11.7 Å². The Balaban J connectivity index is 2.94. The highest BCUT2D eigenvalue weighted by molar-refractivity contribution is 6.90. The zero-order chi connectivity index (χ0) is 16.0. The van der Waals surface area contributed by atoms with Crippen molar-refractivity contribution in [2.45, 2.75) is 58.2 Å². The molecule has 21 heavy (non-hydrogen) atoms. The van der Waals surface area contributed by atoms with E-state index >= 15 is 0 Å². The van der Waals surface area contributed by atoms with Gasteiger partial charge in [-0.2, -0.15) is 0 Å². The Hall–Kier alpha value is -1.53. The summed E-state index contributed by atoms with van der Waals surface area (Å²) in [4.78, 5) is 11.9. The largest absolute Gasteiger partial charge is 0.369 e. The first-order chi connectivity index (χ1) is 9.82. The third-order valence-electron chi connectivity index (χ3n) is 4.29. The Bertz CT molecular complexity index is 499. The van der Waals surface area contributed by atoms with Gasteiger partial charge in [0.15, 0.2) is 8.07 Å². The van der Waals surface area contributed by atoms with Crippen LogP contribution in [-0.2, 0) is 4.74 Å². The second-order valence-corrected chi connectivity index (χ2v) is 12.0. The summed E-state index contributed by atoms with van der Waals surface area (Å²) in [6.45, 7) is 13.4. The molecule has 2 nitrogen and oxygen atoms in total. The van der Waals surface area contributed by atoms with Gasteiger partial charge in [0.1, 0.15) is 6.11 Å². The second kappa shape index (κ2) is 7.47. The van der Waals surface area contributed by atoms with Crippen molar-refractivity contribution in [1.82, 2.24) is 0 Å². The topological polar surface area (TPSA) is 26.3 Å². The van der Waals surface area contributed by atoms with Gasteiger partial charge in [0.05, 0.1) is 5.56 Å². The number of ether oxygens (including phenoxy) is 1. The maximum atomic E-state index is 11.9. The first kappa shape index (κ1) is 17.5. The zero-order valence-electron chi connectivity index (χ0n) is 13.9. The molecule has 0 spiro atoms. The molecule has 0 heterocycles. The van der Waals surface area contributed by atoms with Crippen LogP contribution >= 0.6 is 0 Å². The molecule has 1 rings (SSSR count). The average molecular weight is 302 g/mol. The van der Waals surface area contributed by atoms with Crippen molar-refractivity contribution in [2.75, 3.05) is 0 Å². The molecule has 1 aromatic carbocycles. The number of carbonyl (C=O) groups excluding carboxylic acids is 1. The van der Waals surface area contributed by atoms with E-state index < -0.39 is 8.07 Å². The molecule has 0 bridgehead atoms. The molecule has 0 aliphatic rings. The Morgan fingerprint density at radius 2 is 1.43 bits per heavy atom. The van der Waals surface area contributed by atoms with Crippen molar-refractivity contribution in [1.29, 1.82) is 0 Å². The fraction of sp³-hybridized carbons (Fsp3) is 0.500. The van der Waals surface area contributed by atoms with E-state index in [0.717, 1.165) is 0 Å². The van der Waals surface area contributed by atoms with Gasteiger partial charge in [-0.15, -0.1) is 0 Å². The molecule has 0 amide bonds. The van der Waals surface area contributed by atoms with Crippen LogP contribution in [0.3, 0.4) is 0 Å². The number of benzene rings is 1. The summed E-state index contributed by atoms with van der Waals surface area (Å²) in [6.07, 6.45) is 2.73. The molecule has 0 aromatic heterocycles. The third kappa shape index (κ3) is 3.98. The van der Waals surface area contributed by atoms with Gasteiger partial charge >= 0.3 is 5.97 Å². The van der Waals surface area contributed by atoms with Crippen LogP contribution in [0.2, 0.25) is 16.6 Å². The standard InChI is InChI=1S/C18H26O2Si/c1-14(2)21(15(3)4,16(5)6)13-12-20-18(19)17-10-8-7-9-11-17/h7-11,14-16H,1-6H3. The predicted molar refractivity (Wildman–Crippen MR) is 90.7 cm³/mol. The monoisotopic (exact) mass is 302 g/mol. The molecule has 0 aliphatic heterocycles. The lowest BCUT2D eigenvalue weighted by molar-refractivity contribution is 0.0691. The molecule has 114 valence electrons. The van der Waals surface area contributed by atoms with Gasteiger partial charge in [0.2, 0.25) is 0 Å². The van der Waals surface area contributed by atoms with Crippen LogP contribution in [0.25, 0.3) is 0 Å². The van der Waals surface area contributed by atoms with Gasteiger partial charge in [0.25, 0.3) is 0 Å². The summed E-state index contributed by atoms with van der Waals surface area (Å²) in [5.41, 5.74) is 5.50. The van der Waals surface area contributed by atoms with Gasteiger partial charge in [0, 0.05) is 0 Å². The van der Waals surface area contributed by atoms with E-state index in [2.05, 4.69) is 53.2 Å². The summed E-state index contributed by atoms with van der Waals surface area (Å²) in [5, 5.41) is 0. The van der Waals surface area contributed by atoms with Crippen molar-refractivity contribution in [2.24, 2.45) is 0 Å². The molecule has 0 atom stereocenters. The van der Waals surface area contributed by atoms with Gasteiger partial charge in [-0.1, -0.05) is 65.3 Å². The normalized spacial score (nSPS) is 11.5. The molecule has 0 saturated heterocycles.